The smallest absolute Gasteiger partial charge is 0.282 e. The molecule has 0 saturated carbocycles. The number of rotatable bonds is 11. The molecule has 18 heteroatoms. The summed E-state index contributed by atoms with van der Waals surface area (Å²) in [5, 5.41) is 9.85. The standard InChI is InChI=1S/C41H30Cl4F6N4O3S/c42-23-10-14-34(32(44)19-23)54-38-26-7-5-4-6-21(26)17-28(38)36(52-54)30(40(46,47)48)8-2-1-3-9-31(41(49,50)51)37-29-18-22-16-25(59(56,57)58)12-13-27(22)39(29)55(53-37)35-15-11-24(43)20-33(35)45/h4-7,10-16,19-20,30-31H,1-3,8-9,17-18H2,(H,56,57,58). The van der Waals surface area contributed by atoms with E-state index in [1.165, 1.54) is 45.8 Å². The second-order valence-corrected chi connectivity index (χ2v) is 17.7. The van der Waals surface area contributed by atoms with Crippen molar-refractivity contribution in [3.8, 4) is 33.9 Å². The first kappa shape index (κ1) is 41.7. The zero-order valence-electron chi connectivity index (χ0n) is 30.4. The zero-order chi connectivity index (χ0) is 42.2. The van der Waals surface area contributed by atoms with Gasteiger partial charge in [0.15, 0.2) is 0 Å². The Labute approximate surface area is 354 Å². The lowest BCUT2D eigenvalue weighted by Crippen LogP contribution is -2.23. The third-order valence-corrected chi connectivity index (χ3v) is 12.8. The number of hydrogen-bond donors (Lipinski definition) is 1. The Kier molecular flexibility index (Phi) is 10.9. The van der Waals surface area contributed by atoms with E-state index in [0.717, 1.165) is 17.2 Å². The first-order chi connectivity index (χ1) is 27.8. The minimum atomic E-state index is -4.81. The highest BCUT2D eigenvalue weighted by Crippen LogP contribution is 2.50. The van der Waals surface area contributed by atoms with Crippen LogP contribution in [0.4, 0.5) is 26.3 Å². The number of nitrogens with zero attached hydrogens (tertiary/aromatic N) is 4. The zero-order valence-corrected chi connectivity index (χ0v) is 34.2. The predicted molar refractivity (Wildman–Crippen MR) is 214 cm³/mol. The van der Waals surface area contributed by atoms with Crippen molar-refractivity contribution in [1.29, 1.82) is 0 Å². The molecule has 2 atom stereocenters. The third-order valence-electron chi connectivity index (χ3n) is 10.9. The maximum atomic E-state index is 15.0. The molecule has 2 heterocycles. The summed E-state index contributed by atoms with van der Waals surface area (Å²) in [4.78, 5) is -0.424. The van der Waals surface area contributed by atoms with Crippen LogP contribution in [0.1, 0.15) is 77.6 Å². The molecule has 59 heavy (non-hydrogen) atoms. The molecule has 0 spiro atoms. The van der Waals surface area contributed by atoms with Crippen molar-refractivity contribution >= 4 is 56.5 Å². The molecule has 7 nitrogen and oxygen atoms in total. The van der Waals surface area contributed by atoms with E-state index in [1.807, 2.05) is 12.1 Å². The van der Waals surface area contributed by atoms with E-state index < -0.39 is 52.0 Å². The molecule has 0 radical (unpaired) electrons. The Balaban J connectivity index is 1.07. The SMILES string of the molecule is O=S(=O)(O)c1ccc2c(c1)Cc1c(C(CCCCCC(c3nn(-c4ccc(Cl)cc4Cl)c4c3Cc3ccccc3-4)C(F)(F)F)C(F)(F)F)nn(-c3ccc(Cl)cc3Cl)c1-2. The van der Waals surface area contributed by atoms with Crippen molar-refractivity contribution in [2.24, 2.45) is 0 Å². The molecule has 8 rings (SSSR count). The highest BCUT2D eigenvalue weighted by Gasteiger charge is 2.47. The number of unbranched alkanes of at least 4 members (excludes halogenated alkanes) is 2. The quantitative estimate of drug-likeness (QED) is 0.0793. The molecule has 0 bridgehead atoms. The number of aromatic nitrogens is 4. The third kappa shape index (κ3) is 7.88. The molecule has 2 aliphatic carbocycles. The Morgan fingerprint density at radius 3 is 1.58 bits per heavy atom. The minimum Gasteiger partial charge on any atom is -0.282 e. The molecule has 2 unspecified atom stereocenters. The molecule has 0 amide bonds. The lowest BCUT2D eigenvalue weighted by molar-refractivity contribution is -0.153. The Bertz CT molecular complexity index is 2750. The van der Waals surface area contributed by atoms with Crippen molar-refractivity contribution in [2.75, 3.05) is 0 Å². The molecular weight excluding hydrogens is 884 g/mol. The molecular formula is C41H30Cl4F6N4O3S. The van der Waals surface area contributed by atoms with Crippen molar-refractivity contribution in [2.45, 2.75) is 74.0 Å². The summed E-state index contributed by atoms with van der Waals surface area (Å²) >= 11 is 25.2. The number of fused-ring (bicyclic) bond motifs is 6. The van der Waals surface area contributed by atoms with Crippen molar-refractivity contribution in [3.63, 3.8) is 0 Å². The maximum absolute atomic E-state index is 15.0. The fourth-order valence-corrected chi connectivity index (χ4v) is 9.74. The molecule has 0 fully saturated rings. The fourth-order valence-electron chi connectivity index (χ4n) is 8.23. The molecule has 308 valence electrons. The highest BCUT2D eigenvalue weighted by atomic mass is 35.5. The summed E-state index contributed by atoms with van der Waals surface area (Å²) in [6, 6.07) is 20.0. The van der Waals surface area contributed by atoms with E-state index in [0.29, 0.717) is 33.1 Å². The van der Waals surface area contributed by atoms with Crippen LogP contribution in [0.3, 0.4) is 0 Å². The van der Waals surface area contributed by atoms with Crippen LogP contribution in [-0.2, 0) is 23.0 Å². The fraction of sp³-hybridized carbons (Fsp3) is 0.268. The topological polar surface area (TPSA) is 90.0 Å². The summed E-state index contributed by atoms with van der Waals surface area (Å²) in [5.41, 5.74) is 3.73. The summed E-state index contributed by atoms with van der Waals surface area (Å²) < 4.78 is 126. The van der Waals surface area contributed by atoms with Gasteiger partial charge in [0, 0.05) is 45.1 Å². The Morgan fingerprint density at radius 1 is 0.627 bits per heavy atom. The van der Waals surface area contributed by atoms with Crippen LogP contribution >= 0.6 is 46.4 Å². The van der Waals surface area contributed by atoms with Gasteiger partial charge >= 0.3 is 12.4 Å². The van der Waals surface area contributed by atoms with Gasteiger partial charge < -0.3 is 0 Å². The van der Waals surface area contributed by atoms with E-state index in [4.69, 9.17) is 46.4 Å². The van der Waals surface area contributed by atoms with Crippen LogP contribution in [0.5, 0.6) is 0 Å². The molecule has 4 aromatic carbocycles. The molecule has 6 aromatic rings. The first-order valence-corrected chi connectivity index (χ1v) is 21.2. The van der Waals surface area contributed by atoms with Gasteiger partial charge in [0.05, 0.1) is 60.9 Å². The van der Waals surface area contributed by atoms with Gasteiger partial charge in [0.2, 0.25) is 0 Å². The molecule has 0 saturated heterocycles. The number of halogens is 10. The molecule has 2 aliphatic rings. The minimum absolute atomic E-state index is 0.0369. The molecule has 0 aliphatic heterocycles. The van der Waals surface area contributed by atoms with Crippen LogP contribution in [-0.4, -0.2) is 44.9 Å². The first-order valence-electron chi connectivity index (χ1n) is 18.3. The van der Waals surface area contributed by atoms with Gasteiger partial charge in [-0.25, -0.2) is 9.36 Å². The average molecular weight is 915 g/mol. The number of benzene rings is 4. The summed E-state index contributed by atoms with van der Waals surface area (Å²) in [6.07, 6.45) is -10.5. The Morgan fingerprint density at radius 2 is 1.10 bits per heavy atom. The van der Waals surface area contributed by atoms with Crippen molar-refractivity contribution in [1.82, 2.24) is 19.6 Å². The second-order valence-electron chi connectivity index (χ2n) is 14.6. The lowest BCUT2D eigenvalue weighted by Gasteiger charge is -2.21. The maximum Gasteiger partial charge on any atom is 0.397 e. The van der Waals surface area contributed by atoms with Crippen LogP contribution in [0.2, 0.25) is 20.1 Å². The average Bonchev–Trinajstić information content (AvgIpc) is 3.89. The second kappa shape index (κ2) is 15.4. The van der Waals surface area contributed by atoms with Gasteiger partial charge in [-0.1, -0.05) is 96.0 Å². The lowest BCUT2D eigenvalue weighted by atomic mass is 9.91. The number of alkyl halides is 6. The van der Waals surface area contributed by atoms with Gasteiger partial charge in [0.1, 0.15) is 0 Å². The van der Waals surface area contributed by atoms with Crippen molar-refractivity contribution in [3.05, 3.63) is 133 Å². The summed E-state index contributed by atoms with van der Waals surface area (Å²) in [5.74, 6) is -4.13. The largest absolute Gasteiger partial charge is 0.397 e. The van der Waals surface area contributed by atoms with Gasteiger partial charge in [-0.3, -0.25) is 4.55 Å². The predicted octanol–water partition coefficient (Wildman–Crippen LogP) is 13.0. The van der Waals surface area contributed by atoms with E-state index in [9.17, 15) is 26.1 Å². The summed E-state index contributed by atoms with van der Waals surface area (Å²) in [6.45, 7) is 0. The van der Waals surface area contributed by atoms with Gasteiger partial charge in [-0.2, -0.15) is 45.0 Å². The Hall–Kier alpha value is -4.05. The van der Waals surface area contributed by atoms with E-state index in [-0.39, 0.29) is 75.5 Å². The molecule has 2 aromatic heterocycles. The van der Waals surface area contributed by atoms with E-state index >= 15 is 13.2 Å². The van der Waals surface area contributed by atoms with Gasteiger partial charge in [-0.15, -0.1) is 0 Å². The summed E-state index contributed by atoms with van der Waals surface area (Å²) in [7, 11) is -4.62. The van der Waals surface area contributed by atoms with Crippen LogP contribution < -0.4 is 0 Å². The highest BCUT2D eigenvalue weighted by molar-refractivity contribution is 7.85. The van der Waals surface area contributed by atoms with Crippen molar-refractivity contribution < 1.29 is 39.3 Å². The van der Waals surface area contributed by atoms with E-state index in [1.54, 1.807) is 24.3 Å². The van der Waals surface area contributed by atoms with Gasteiger partial charge in [-0.05, 0) is 72.5 Å². The van der Waals surface area contributed by atoms with Crippen LogP contribution in [0, 0.1) is 0 Å². The molecule has 1 N–H and O–H groups in total. The number of hydrogen-bond acceptors (Lipinski definition) is 4. The van der Waals surface area contributed by atoms with Gasteiger partial charge in [0.25, 0.3) is 10.1 Å². The monoisotopic (exact) mass is 912 g/mol. The normalized spacial score (nSPS) is 14.6. The van der Waals surface area contributed by atoms with E-state index in [2.05, 4.69) is 10.2 Å². The van der Waals surface area contributed by atoms with Crippen LogP contribution in [0.15, 0.2) is 83.8 Å². The van der Waals surface area contributed by atoms with Crippen LogP contribution in [0.25, 0.3) is 33.9 Å².